The van der Waals surface area contributed by atoms with E-state index in [1.54, 1.807) is 18.5 Å². The van der Waals surface area contributed by atoms with E-state index in [0.29, 0.717) is 28.6 Å². The highest BCUT2D eigenvalue weighted by atomic mass is 35.5. The Morgan fingerprint density at radius 2 is 2.10 bits per heavy atom. The molecule has 0 spiro atoms. The zero-order chi connectivity index (χ0) is 14.5. The van der Waals surface area contributed by atoms with Crippen molar-refractivity contribution in [2.24, 2.45) is 0 Å². The van der Waals surface area contributed by atoms with E-state index < -0.39 is 0 Å². The van der Waals surface area contributed by atoms with E-state index in [2.05, 4.69) is 20.6 Å². The van der Waals surface area contributed by atoms with Crippen molar-refractivity contribution in [2.75, 3.05) is 17.2 Å². The Balaban J connectivity index is 2.15. The van der Waals surface area contributed by atoms with Crippen molar-refractivity contribution in [1.82, 2.24) is 9.97 Å². The second-order valence-corrected chi connectivity index (χ2v) is 4.70. The third-order valence-corrected chi connectivity index (χ3v) is 2.87. The van der Waals surface area contributed by atoms with E-state index >= 15 is 0 Å². The lowest BCUT2D eigenvalue weighted by atomic mass is 10.2. The minimum absolute atomic E-state index is 0.269. The Hall–Kier alpha value is -2.14. The molecule has 0 saturated carbocycles. The standard InChI is InChI=1S/C14H15ClN4O/c1-3-17-13-12(15)5-10(7-18-13)14(20)19-11-4-9(2)6-16-8-11/h4-8H,3H2,1-2H3,(H,17,18)(H,19,20). The molecule has 0 aromatic carbocycles. The highest BCUT2D eigenvalue weighted by molar-refractivity contribution is 6.33. The first-order valence-corrected chi connectivity index (χ1v) is 6.60. The molecule has 0 aliphatic rings. The van der Waals surface area contributed by atoms with Gasteiger partial charge >= 0.3 is 0 Å². The molecule has 0 fully saturated rings. The molecule has 104 valence electrons. The van der Waals surface area contributed by atoms with Gasteiger partial charge in [-0.15, -0.1) is 0 Å². The number of rotatable bonds is 4. The SMILES string of the molecule is CCNc1ncc(C(=O)Nc2cncc(C)c2)cc1Cl. The summed E-state index contributed by atoms with van der Waals surface area (Å²) in [5.41, 5.74) is 2.02. The average Bonchev–Trinajstić information content (AvgIpc) is 2.41. The first kappa shape index (κ1) is 14.3. The molecule has 0 aliphatic carbocycles. The van der Waals surface area contributed by atoms with Crippen LogP contribution in [-0.4, -0.2) is 22.4 Å². The van der Waals surface area contributed by atoms with Gasteiger partial charge in [-0.2, -0.15) is 0 Å². The van der Waals surface area contributed by atoms with E-state index in [1.807, 2.05) is 19.9 Å². The molecule has 0 aliphatic heterocycles. The number of hydrogen-bond donors (Lipinski definition) is 2. The van der Waals surface area contributed by atoms with Gasteiger partial charge in [-0.05, 0) is 31.5 Å². The summed E-state index contributed by atoms with van der Waals surface area (Å²) in [6, 6.07) is 3.43. The monoisotopic (exact) mass is 290 g/mol. The number of nitrogens with one attached hydrogen (secondary N) is 2. The second kappa shape index (κ2) is 6.34. The Kier molecular flexibility index (Phi) is 4.53. The zero-order valence-corrected chi connectivity index (χ0v) is 12.0. The van der Waals surface area contributed by atoms with Crippen molar-refractivity contribution in [2.45, 2.75) is 13.8 Å². The fourth-order valence-corrected chi connectivity index (χ4v) is 1.92. The molecular weight excluding hydrogens is 276 g/mol. The molecule has 2 aromatic rings. The molecule has 0 radical (unpaired) electrons. The molecule has 2 aromatic heterocycles. The summed E-state index contributed by atoms with van der Waals surface area (Å²) in [4.78, 5) is 20.2. The van der Waals surface area contributed by atoms with Crippen molar-refractivity contribution >= 4 is 29.0 Å². The third kappa shape index (κ3) is 3.45. The average molecular weight is 291 g/mol. The number of hydrogen-bond acceptors (Lipinski definition) is 4. The van der Waals surface area contributed by atoms with Crippen molar-refractivity contribution < 1.29 is 4.79 Å². The summed E-state index contributed by atoms with van der Waals surface area (Å²) in [7, 11) is 0. The molecule has 2 N–H and O–H groups in total. The maximum absolute atomic E-state index is 12.1. The number of carbonyl (C=O) groups is 1. The maximum atomic E-state index is 12.1. The van der Waals surface area contributed by atoms with Gasteiger partial charge in [-0.1, -0.05) is 11.6 Å². The largest absolute Gasteiger partial charge is 0.369 e. The molecule has 20 heavy (non-hydrogen) atoms. The molecule has 2 rings (SSSR count). The van der Waals surface area contributed by atoms with Crippen molar-refractivity contribution in [1.29, 1.82) is 0 Å². The van der Waals surface area contributed by atoms with Gasteiger partial charge in [0.15, 0.2) is 0 Å². The number of nitrogens with zero attached hydrogens (tertiary/aromatic N) is 2. The van der Waals surface area contributed by atoms with Crippen LogP contribution in [0, 0.1) is 6.92 Å². The van der Waals surface area contributed by atoms with Gasteiger partial charge in [0.25, 0.3) is 5.91 Å². The number of halogens is 1. The topological polar surface area (TPSA) is 66.9 Å². The predicted octanol–water partition coefficient (Wildman–Crippen LogP) is 3.12. The Bertz CT molecular complexity index is 630. The molecule has 5 nitrogen and oxygen atoms in total. The normalized spacial score (nSPS) is 10.2. The molecule has 0 saturated heterocycles. The van der Waals surface area contributed by atoms with Crippen molar-refractivity contribution in [3.8, 4) is 0 Å². The number of carbonyl (C=O) groups excluding carboxylic acids is 1. The highest BCUT2D eigenvalue weighted by Crippen LogP contribution is 2.20. The summed E-state index contributed by atoms with van der Waals surface area (Å²) in [5.74, 6) is 0.304. The fourth-order valence-electron chi connectivity index (χ4n) is 1.69. The number of aromatic nitrogens is 2. The van der Waals surface area contributed by atoms with Crippen LogP contribution in [0.5, 0.6) is 0 Å². The number of aryl methyl sites for hydroxylation is 1. The fraction of sp³-hybridized carbons (Fsp3) is 0.214. The van der Waals surface area contributed by atoms with Crippen molar-refractivity contribution in [3.63, 3.8) is 0 Å². The summed E-state index contributed by atoms with van der Waals surface area (Å²) in [5, 5.41) is 6.19. The first-order valence-electron chi connectivity index (χ1n) is 6.22. The predicted molar refractivity (Wildman–Crippen MR) is 80.3 cm³/mol. The molecule has 2 heterocycles. The maximum Gasteiger partial charge on any atom is 0.257 e. The summed E-state index contributed by atoms with van der Waals surface area (Å²) >= 11 is 6.06. The van der Waals surface area contributed by atoms with Gasteiger partial charge in [0.05, 0.1) is 22.5 Å². The van der Waals surface area contributed by atoms with E-state index in [9.17, 15) is 4.79 Å². The zero-order valence-electron chi connectivity index (χ0n) is 11.3. The van der Waals surface area contributed by atoms with E-state index in [-0.39, 0.29) is 5.91 Å². The lowest BCUT2D eigenvalue weighted by Gasteiger charge is -2.08. The molecule has 0 bridgehead atoms. The van der Waals surface area contributed by atoms with Crippen LogP contribution < -0.4 is 10.6 Å². The third-order valence-electron chi connectivity index (χ3n) is 2.58. The van der Waals surface area contributed by atoms with Gasteiger partial charge < -0.3 is 10.6 Å². The minimum atomic E-state index is -0.269. The van der Waals surface area contributed by atoms with Crippen LogP contribution in [0.3, 0.4) is 0 Å². The van der Waals surface area contributed by atoms with Gasteiger partial charge in [-0.3, -0.25) is 9.78 Å². The lowest BCUT2D eigenvalue weighted by Crippen LogP contribution is -2.13. The molecule has 0 atom stereocenters. The Morgan fingerprint density at radius 1 is 1.30 bits per heavy atom. The van der Waals surface area contributed by atoms with Crippen LogP contribution >= 0.6 is 11.6 Å². The van der Waals surface area contributed by atoms with Gasteiger partial charge in [0.2, 0.25) is 0 Å². The quantitative estimate of drug-likeness (QED) is 0.908. The van der Waals surface area contributed by atoms with Crippen LogP contribution in [0.15, 0.2) is 30.7 Å². The van der Waals surface area contributed by atoms with E-state index in [1.165, 1.54) is 6.20 Å². The molecule has 6 heteroatoms. The second-order valence-electron chi connectivity index (χ2n) is 4.29. The van der Waals surface area contributed by atoms with Crippen molar-refractivity contribution in [3.05, 3.63) is 46.9 Å². The van der Waals surface area contributed by atoms with Crippen LogP contribution in [0.1, 0.15) is 22.8 Å². The van der Waals surface area contributed by atoms with Crippen LogP contribution in [0.2, 0.25) is 5.02 Å². The minimum Gasteiger partial charge on any atom is -0.369 e. The summed E-state index contributed by atoms with van der Waals surface area (Å²) < 4.78 is 0. The van der Waals surface area contributed by atoms with E-state index in [4.69, 9.17) is 11.6 Å². The van der Waals surface area contributed by atoms with E-state index in [0.717, 1.165) is 5.56 Å². The van der Waals surface area contributed by atoms with Crippen LogP contribution in [0.25, 0.3) is 0 Å². The Labute approximate surface area is 122 Å². The number of anilines is 2. The van der Waals surface area contributed by atoms with Crippen LogP contribution in [-0.2, 0) is 0 Å². The smallest absolute Gasteiger partial charge is 0.257 e. The summed E-state index contributed by atoms with van der Waals surface area (Å²) in [6.07, 6.45) is 4.80. The lowest BCUT2D eigenvalue weighted by molar-refractivity contribution is 0.102. The first-order chi connectivity index (χ1) is 9.60. The number of pyridine rings is 2. The van der Waals surface area contributed by atoms with Gasteiger partial charge in [0.1, 0.15) is 5.82 Å². The highest BCUT2D eigenvalue weighted by Gasteiger charge is 2.10. The van der Waals surface area contributed by atoms with Gasteiger partial charge in [-0.25, -0.2) is 4.98 Å². The number of amides is 1. The Morgan fingerprint density at radius 3 is 2.75 bits per heavy atom. The molecule has 0 unspecified atom stereocenters. The summed E-state index contributed by atoms with van der Waals surface area (Å²) in [6.45, 7) is 4.57. The van der Waals surface area contributed by atoms with Gasteiger partial charge in [0, 0.05) is 18.9 Å². The molecule has 1 amide bonds. The van der Waals surface area contributed by atoms with Crippen LogP contribution in [0.4, 0.5) is 11.5 Å². The molecular formula is C14H15ClN4O.